The van der Waals surface area contributed by atoms with Crippen molar-refractivity contribution in [2.24, 2.45) is 0 Å². The van der Waals surface area contributed by atoms with E-state index in [4.69, 9.17) is 9.47 Å². The van der Waals surface area contributed by atoms with Crippen LogP contribution in [0.3, 0.4) is 0 Å². The van der Waals surface area contributed by atoms with E-state index in [1.165, 1.54) is 44.8 Å². The van der Waals surface area contributed by atoms with Crippen molar-refractivity contribution in [1.82, 2.24) is 10.3 Å². The topological polar surface area (TPSA) is 121 Å². The third kappa shape index (κ3) is 4.53. The van der Waals surface area contributed by atoms with E-state index < -0.39 is 22.8 Å². The van der Waals surface area contributed by atoms with Crippen molar-refractivity contribution in [3.8, 4) is 5.75 Å². The first-order valence-electron chi connectivity index (χ1n) is 7.56. The van der Waals surface area contributed by atoms with E-state index in [1.54, 1.807) is 12.1 Å². The van der Waals surface area contributed by atoms with Gasteiger partial charge in [0.2, 0.25) is 0 Å². The number of pyridine rings is 1. The van der Waals surface area contributed by atoms with E-state index in [-0.39, 0.29) is 17.7 Å². The minimum atomic E-state index is -1.05. The van der Waals surface area contributed by atoms with Crippen LogP contribution in [0.2, 0.25) is 0 Å². The summed E-state index contributed by atoms with van der Waals surface area (Å²) in [6.45, 7) is 0. The minimum absolute atomic E-state index is 0.0382. The number of rotatable bonds is 7. The summed E-state index contributed by atoms with van der Waals surface area (Å²) < 4.78 is 9.92. The molecule has 0 aliphatic carbocycles. The Hall–Kier alpha value is -3.49. The van der Waals surface area contributed by atoms with Gasteiger partial charge in [0.1, 0.15) is 11.8 Å². The smallest absolute Gasteiger partial charge is 0.328 e. The Morgan fingerprint density at radius 3 is 2.65 bits per heavy atom. The Morgan fingerprint density at radius 2 is 2.08 bits per heavy atom. The number of carbonyl (C=O) groups excluding carboxylic acids is 2. The molecular formula is C17H17N3O6. The van der Waals surface area contributed by atoms with Crippen LogP contribution in [-0.4, -0.2) is 42.0 Å². The van der Waals surface area contributed by atoms with Gasteiger partial charge in [-0.2, -0.15) is 0 Å². The quantitative estimate of drug-likeness (QED) is 0.452. The van der Waals surface area contributed by atoms with Gasteiger partial charge in [-0.1, -0.05) is 0 Å². The van der Waals surface area contributed by atoms with Gasteiger partial charge in [0.25, 0.3) is 11.6 Å². The molecule has 9 heteroatoms. The van der Waals surface area contributed by atoms with Crippen LogP contribution in [0, 0.1) is 10.1 Å². The summed E-state index contributed by atoms with van der Waals surface area (Å²) in [5.74, 6) is -0.839. The van der Waals surface area contributed by atoms with Gasteiger partial charge in [-0.3, -0.25) is 19.9 Å². The zero-order chi connectivity index (χ0) is 19.1. The monoisotopic (exact) mass is 359 g/mol. The highest BCUT2D eigenvalue weighted by Gasteiger charge is 2.25. The van der Waals surface area contributed by atoms with Crippen molar-refractivity contribution in [3.63, 3.8) is 0 Å². The predicted octanol–water partition coefficient (Wildman–Crippen LogP) is 1.51. The molecule has 0 fully saturated rings. The average Bonchev–Trinajstić information content (AvgIpc) is 2.67. The third-order valence-electron chi connectivity index (χ3n) is 3.61. The molecule has 1 aromatic carbocycles. The second kappa shape index (κ2) is 8.56. The summed E-state index contributed by atoms with van der Waals surface area (Å²) in [4.78, 5) is 38.7. The fourth-order valence-electron chi connectivity index (χ4n) is 2.33. The van der Waals surface area contributed by atoms with Gasteiger partial charge in [0.05, 0.1) is 24.7 Å². The number of nitrogens with one attached hydrogen (secondary N) is 1. The van der Waals surface area contributed by atoms with Crippen molar-refractivity contribution in [3.05, 3.63) is 64.0 Å². The molecule has 0 unspecified atom stereocenters. The Morgan fingerprint density at radius 1 is 1.31 bits per heavy atom. The molecule has 0 aliphatic heterocycles. The number of nitro groups is 1. The number of hydrogen-bond acceptors (Lipinski definition) is 7. The molecule has 1 N–H and O–H groups in total. The fourth-order valence-corrected chi connectivity index (χ4v) is 2.33. The molecule has 2 rings (SSSR count). The first-order valence-corrected chi connectivity index (χ1v) is 7.56. The maximum atomic E-state index is 12.3. The number of non-ortho nitro benzene ring substituents is 1. The van der Waals surface area contributed by atoms with Gasteiger partial charge in [-0.15, -0.1) is 0 Å². The van der Waals surface area contributed by atoms with Crippen LogP contribution in [0.4, 0.5) is 5.69 Å². The van der Waals surface area contributed by atoms with E-state index in [0.717, 1.165) is 0 Å². The number of nitro benzene ring substituents is 1. The fraction of sp³-hybridized carbons (Fsp3) is 0.235. The van der Waals surface area contributed by atoms with Crippen molar-refractivity contribution in [1.29, 1.82) is 0 Å². The van der Waals surface area contributed by atoms with Gasteiger partial charge in [0.15, 0.2) is 0 Å². The molecular weight excluding hydrogens is 342 g/mol. The lowest BCUT2D eigenvalue weighted by atomic mass is 10.0. The second-order valence-electron chi connectivity index (χ2n) is 5.25. The van der Waals surface area contributed by atoms with Crippen molar-refractivity contribution in [2.75, 3.05) is 14.2 Å². The lowest BCUT2D eigenvalue weighted by Crippen LogP contribution is -2.43. The molecule has 0 spiro atoms. The number of aromatic nitrogens is 1. The Bertz CT molecular complexity index is 809. The molecule has 1 atom stereocenters. The van der Waals surface area contributed by atoms with E-state index in [9.17, 15) is 19.7 Å². The lowest BCUT2D eigenvalue weighted by molar-refractivity contribution is -0.384. The molecule has 26 heavy (non-hydrogen) atoms. The highest BCUT2D eigenvalue weighted by Crippen LogP contribution is 2.25. The van der Waals surface area contributed by atoms with E-state index >= 15 is 0 Å². The highest BCUT2D eigenvalue weighted by atomic mass is 16.6. The molecule has 1 heterocycles. The number of nitrogens with zero attached hydrogens (tertiary/aromatic N) is 2. The maximum absolute atomic E-state index is 12.3. The molecule has 1 amide bonds. The van der Waals surface area contributed by atoms with Crippen LogP contribution in [-0.2, 0) is 16.0 Å². The first kappa shape index (κ1) is 18.8. The Labute approximate surface area is 149 Å². The summed E-state index contributed by atoms with van der Waals surface area (Å²) in [5, 5.41) is 13.5. The van der Waals surface area contributed by atoms with Crippen LogP contribution in [0.25, 0.3) is 0 Å². The average molecular weight is 359 g/mol. The molecule has 9 nitrogen and oxygen atoms in total. The highest BCUT2D eigenvalue weighted by molar-refractivity contribution is 5.96. The Kier molecular flexibility index (Phi) is 6.20. The number of amides is 1. The maximum Gasteiger partial charge on any atom is 0.328 e. The van der Waals surface area contributed by atoms with Crippen LogP contribution in [0.5, 0.6) is 5.75 Å². The first-order chi connectivity index (χ1) is 12.5. The molecule has 0 aliphatic rings. The van der Waals surface area contributed by atoms with Gasteiger partial charge < -0.3 is 14.8 Å². The molecule has 0 bridgehead atoms. The van der Waals surface area contributed by atoms with Gasteiger partial charge in [0, 0.05) is 36.5 Å². The zero-order valence-electron chi connectivity index (χ0n) is 14.2. The van der Waals surface area contributed by atoms with Crippen LogP contribution in [0.15, 0.2) is 42.7 Å². The third-order valence-corrected chi connectivity index (χ3v) is 3.61. The van der Waals surface area contributed by atoms with Crippen LogP contribution in [0.1, 0.15) is 15.9 Å². The number of ether oxygens (including phenoxy) is 2. The number of methoxy groups -OCH3 is 2. The molecule has 2 aromatic rings. The molecule has 0 saturated carbocycles. The molecule has 136 valence electrons. The largest absolute Gasteiger partial charge is 0.496 e. The number of carbonyl (C=O) groups is 2. The second-order valence-corrected chi connectivity index (χ2v) is 5.25. The summed E-state index contributed by atoms with van der Waals surface area (Å²) >= 11 is 0. The summed E-state index contributed by atoms with van der Waals surface area (Å²) in [6, 6.07) is 6.11. The Balaban J connectivity index is 2.28. The normalized spacial score (nSPS) is 11.3. The van der Waals surface area contributed by atoms with Gasteiger partial charge in [-0.25, -0.2) is 4.79 Å². The SMILES string of the molecule is COC(=O)[C@H](Cc1cc([N+](=O)[O-])ccc1OC)NC(=O)c1cccnc1. The molecule has 0 saturated heterocycles. The number of hydrogen-bond donors (Lipinski definition) is 1. The number of benzene rings is 1. The van der Waals surface area contributed by atoms with Crippen molar-refractivity contribution < 1.29 is 24.0 Å². The van der Waals surface area contributed by atoms with Crippen molar-refractivity contribution >= 4 is 17.6 Å². The standard InChI is InChI=1S/C17H17N3O6/c1-25-15-6-5-13(20(23)24)8-12(15)9-14(17(22)26-2)19-16(21)11-4-3-7-18-10-11/h3-8,10,14H,9H2,1-2H3,(H,19,21)/t14-/m0/s1. The summed E-state index contributed by atoms with van der Waals surface area (Å²) in [7, 11) is 2.60. The number of esters is 1. The zero-order valence-corrected chi connectivity index (χ0v) is 14.2. The van der Waals surface area contributed by atoms with Gasteiger partial charge in [-0.05, 0) is 18.2 Å². The minimum Gasteiger partial charge on any atom is -0.496 e. The van der Waals surface area contributed by atoms with Crippen LogP contribution < -0.4 is 10.1 Å². The molecule has 0 radical (unpaired) electrons. The van der Waals surface area contributed by atoms with E-state index in [0.29, 0.717) is 11.3 Å². The lowest BCUT2D eigenvalue weighted by Gasteiger charge is -2.18. The predicted molar refractivity (Wildman–Crippen MR) is 90.9 cm³/mol. The summed E-state index contributed by atoms with van der Waals surface area (Å²) in [6.07, 6.45) is 2.84. The van der Waals surface area contributed by atoms with Crippen LogP contribution >= 0.6 is 0 Å². The van der Waals surface area contributed by atoms with E-state index in [1.807, 2.05) is 0 Å². The van der Waals surface area contributed by atoms with Crippen molar-refractivity contribution in [2.45, 2.75) is 12.5 Å². The summed E-state index contributed by atoms with van der Waals surface area (Å²) in [5.41, 5.74) is 0.513. The molecule has 1 aromatic heterocycles. The van der Waals surface area contributed by atoms with E-state index in [2.05, 4.69) is 10.3 Å². The van der Waals surface area contributed by atoms with Gasteiger partial charge >= 0.3 is 5.97 Å².